The van der Waals surface area contributed by atoms with E-state index in [4.69, 9.17) is 0 Å². The van der Waals surface area contributed by atoms with Crippen molar-refractivity contribution < 1.29 is 4.39 Å². The average Bonchev–Trinajstić information content (AvgIpc) is 2.56. The Morgan fingerprint density at radius 2 is 2.07 bits per heavy atom. The van der Waals surface area contributed by atoms with Crippen LogP contribution >= 0.6 is 0 Å². The third-order valence-electron chi connectivity index (χ3n) is 2.61. The minimum Gasteiger partial charge on any atom is -0.353 e. The molecule has 0 aliphatic carbocycles. The summed E-state index contributed by atoms with van der Waals surface area (Å²) in [5.74, 6) is -0.275. The van der Waals surface area contributed by atoms with Crippen LogP contribution in [0.1, 0.15) is 5.56 Å². The number of nitrogens with zero attached hydrogens (tertiary/aromatic N) is 1. The van der Waals surface area contributed by atoms with Crippen LogP contribution in [0.3, 0.4) is 0 Å². The van der Waals surface area contributed by atoms with Gasteiger partial charge in [-0.3, -0.25) is 4.98 Å². The largest absolute Gasteiger partial charge is 0.353 e. The fraction of sp³-hybridized carbons (Fsp3) is 0.0833. The first-order valence-electron chi connectivity index (χ1n) is 4.77. The Morgan fingerprint density at radius 3 is 2.93 bits per heavy atom. The van der Waals surface area contributed by atoms with Crippen LogP contribution in [0.2, 0.25) is 0 Å². The summed E-state index contributed by atoms with van der Waals surface area (Å²) in [7, 11) is 0. The van der Waals surface area contributed by atoms with Crippen LogP contribution in [0, 0.1) is 12.7 Å². The number of pyridine rings is 1. The van der Waals surface area contributed by atoms with Gasteiger partial charge >= 0.3 is 0 Å². The lowest BCUT2D eigenvalue weighted by atomic mass is 10.1. The highest BCUT2D eigenvalue weighted by molar-refractivity contribution is 6.07. The molecule has 0 spiro atoms. The van der Waals surface area contributed by atoms with Gasteiger partial charge in [-0.15, -0.1) is 0 Å². The normalized spacial score (nSPS) is 11.3. The lowest BCUT2D eigenvalue weighted by molar-refractivity contribution is 0.635. The van der Waals surface area contributed by atoms with E-state index in [9.17, 15) is 4.39 Å². The lowest BCUT2D eigenvalue weighted by Gasteiger charge is -1.93. The average molecular weight is 200 g/mol. The van der Waals surface area contributed by atoms with E-state index in [0.29, 0.717) is 5.39 Å². The molecule has 2 heterocycles. The van der Waals surface area contributed by atoms with E-state index in [1.807, 2.05) is 25.1 Å². The molecule has 2 aromatic heterocycles. The van der Waals surface area contributed by atoms with Crippen molar-refractivity contribution in [2.45, 2.75) is 6.92 Å². The quantitative estimate of drug-likeness (QED) is 0.593. The van der Waals surface area contributed by atoms with Crippen LogP contribution in [-0.4, -0.2) is 9.97 Å². The van der Waals surface area contributed by atoms with Gasteiger partial charge in [-0.05, 0) is 18.6 Å². The number of hydrogen-bond acceptors (Lipinski definition) is 1. The Hall–Kier alpha value is -1.90. The van der Waals surface area contributed by atoms with Gasteiger partial charge in [0.15, 0.2) is 5.82 Å². The zero-order valence-electron chi connectivity index (χ0n) is 8.21. The smallest absolute Gasteiger partial charge is 0.151 e. The van der Waals surface area contributed by atoms with Crippen molar-refractivity contribution in [1.82, 2.24) is 9.97 Å². The topological polar surface area (TPSA) is 28.7 Å². The summed E-state index contributed by atoms with van der Waals surface area (Å²) >= 11 is 0. The monoisotopic (exact) mass is 200 g/mol. The Morgan fingerprint density at radius 1 is 1.20 bits per heavy atom. The molecule has 15 heavy (non-hydrogen) atoms. The van der Waals surface area contributed by atoms with Gasteiger partial charge in [-0.25, -0.2) is 4.39 Å². The Kier molecular flexibility index (Phi) is 1.57. The molecule has 0 amide bonds. The number of aromatic nitrogens is 2. The first kappa shape index (κ1) is 8.41. The maximum Gasteiger partial charge on any atom is 0.151 e. The maximum absolute atomic E-state index is 13.6. The van der Waals surface area contributed by atoms with Gasteiger partial charge in [0.25, 0.3) is 0 Å². The molecule has 0 fully saturated rings. The molecule has 0 aliphatic heterocycles. The molecule has 74 valence electrons. The first-order valence-corrected chi connectivity index (χ1v) is 4.77. The Labute approximate surface area is 85.8 Å². The minimum absolute atomic E-state index is 0.275. The second-order valence-corrected chi connectivity index (χ2v) is 3.72. The number of hydrogen-bond donors (Lipinski definition) is 1. The molecule has 3 heteroatoms. The Bertz CT molecular complexity index is 655. The van der Waals surface area contributed by atoms with Crippen molar-refractivity contribution in [3.8, 4) is 0 Å². The highest BCUT2D eigenvalue weighted by atomic mass is 19.1. The van der Waals surface area contributed by atoms with Gasteiger partial charge in [0.05, 0.1) is 17.9 Å². The predicted octanol–water partition coefficient (Wildman–Crippen LogP) is 3.16. The zero-order chi connectivity index (χ0) is 10.4. The fourth-order valence-corrected chi connectivity index (χ4v) is 1.93. The zero-order valence-corrected chi connectivity index (χ0v) is 8.21. The van der Waals surface area contributed by atoms with Gasteiger partial charge < -0.3 is 4.98 Å². The molecule has 2 nitrogen and oxygen atoms in total. The minimum atomic E-state index is -0.275. The van der Waals surface area contributed by atoms with Crippen molar-refractivity contribution >= 4 is 21.8 Å². The molecular formula is C12H9FN2. The standard InChI is InChI=1S/C12H9FN2/c1-7-2-3-8-10(4-7)15-11-6-14-5-9(13)12(8)11/h2-6,15H,1H3. The molecule has 0 aliphatic rings. The van der Waals surface area contributed by atoms with E-state index in [-0.39, 0.29) is 5.82 Å². The third kappa shape index (κ3) is 1.13. The maximum atomic E-state index is 13.6. The number of aromatic amines is 1. The van der Waals surface area contributed by atoms with Crippen LogP contribution in [0.25, 0.3) is 21.8 Å². The molecule has 0 atom stereocenters. The van der Waals surface area contributed by atoms with Crippen molar-refractivity contribution in [3.05, 3.63) is 42.0 Å². The number of rotatable bonds is 0. The first-order chi connectivity index (χ1) is 7.25. The van der Waals surface area contributed by atoms with Gasteiger partial charge in [0.1, 0.15) is 0 Å². The van der Waals surface area contributed by atoms with Crippen molar-refractivity contribution in [3.63, 3.8) is 0 Å². The van der Waals surface area contributed by atoms with Crippen LogP contribution in [0.5, 0.6) is 0 Å². The molecular weight excluding hydrogens is 191 g/mol. The van der Waals surface area contributed by atoms with E-state index in [0.717, 1.165) is 22.0 Å². The molecule has 0 radical (unpaired) electrons. The highest BCUT2D eigenvalue weighted by Crippen LogP contribution is 2.27. The summed E-state index contributed by atoms with van der Waals surface area (Å²) in [4.78, 5) is 6.98. The number of fused-ring (bicyclic) bond motifs is 3. The third-order valence-corrected chi connectivity index (χ3v) is 2.61. The summed E-state index contributed by atoms with van der Waals surface area (Å²) in [6, 6.07) is 5.93. The Balaban J connectivity index is 2.59. The molecule has 0 saturated heterocycles. The van der Waals surface area contributed by atoms with E-state index in [2.05, 4.69) is 9.97 Å². The molecule has 0 saturated carbocycles. The van der Waals surface area contributed by atoms with Crippen molar-refractivity contribution in [1.29, 1.82) is 0 Å². The highest BCUT2D eigenvalue weighted by Gasteiger charge is 2.08. The number of halogens is 1. The van der Waals surface area contributed by atoms with Crippen LogP contribution in [0.4, 0.5) is 4.39 Å². The molecule has 3 rings (SSSR count). The fourth-order valence-electron chi connectivity index (χ4n) is 1.93. The summed E-state index contributed by atoms with van der Waals surface area (Å²) in [5.41, 5.74) is 2.86. The van der Waals surface area contributed by atoms with Crippen LogP contribution < -0.4 is 0 Å². The summed E-state index contributed by atoms with van der Waals surface area (Å²) in [6.07, 6.45) is 2.89. The van der Waals surface area contributed by atoms with Gasteiger partial charge in [-0.1, -0.05) is 12.1 Å². The van der Waals surface area contributed by atoms with Gasteiger partial charge in [0, 0.05) is 16.3 Å². The molecule has 0 unspecified atom stereocenters. The van der Waals surface area contributed by atoms with Gasteiger partial charge in [0.2, 0.25) is 0 Å². The van der Waals surface area contributed by atoms with Crippen molar-refractivity contribution in [2.24, 2.45) is 0 Å². The summed E-state index contributed by atoms with van der Waals surface area (Å²) in [6.45, 7) is 2.01. The van der Waals surface area contributed by atoms with Crippen LogP contribution in [-0.2, 0) is 0 Å². The molecule has 0 bridgehead atoms. The van der Waals surface area contributed by atoms with E-state index in [1.165, 1.54) is 6.20 Å². The number of H-pyrrole nitrogens is 1. The molecule has 1 aromatic carbocycles. The second kappa shape index (κ2) is 2.79. The summed E-state index contributed by atoms with van der Waals surface area (Å²) < 4.78 is 13.6. The molecule has 1 N–H and O–H groups in total. The predicted molar refractivity (Wildman–Crippen MR) is 58.3 cm³/mol. The second-order valence-electron chi connectivity index (χ2n) is 3.72. The summed E-state index contributed by atoms with van der Waals surface area (Å²) in [5, 5.41) is 1.54. The lowest BCUT2D eigenvalue weighted by Crippen LogP contribution is -1.78. The van der Waals surface area contributed by atoms with Gasteiger partial charge in [-0.2, -0.15) is 0 Å². The van der Waals surface area contributed by atoms with E-state index < -0.39 is 0 Å². The van der Waals surface area contributed by atoms with Crippen molar-refractivity contribution in [2.75, 3.05) is 0 Å². The van der Waals surface area contributed by atoms with E-state index in [1.54, 1.807) is 6.20 Å². The van der Waals surface area contributed by atoms with Crippen LogP contribution in [0.15, 0.2) is 30.6 Å². The SMILES string of the molecule is Cc1ccc2c(c1)[nH]c1cncc(F)c12. The molecule has 3 aromatic rings. The number of aryl methyl sites for hydroxylation is 1. The van der Waals surface area contributed by atoms with E-state index >= 15 is 0 Å². The number of benzene rings is 1. The number of nitrogens with one attached hydrogen (secondary N) is 1.